The van der Waals surface area contributed by atoms with Gasteiger partial charge in [0.05, 0.1) is 0 Å². The summed E-state index contributed by atoms with van der Waals surface area (Å²) in [4.78, 5) is 11.1. The fourth-order valence-corrected chi connectivity index (χ4v) is 4.11. The molecule has 0 fully saturated rings. The van der Waals surface area contributed by atoms with E-state index in [4.69, 9.17) is 0 Å². The van der Waals surface area contributed by atoms with E-state index in [2.05, 4.69) is 0 Å². The number of hydrogen-bond acceptors (Lipinski definition) is 2. The van der Waals surface area contributed by atoms with Gasteiger partial charge in [-0.2, -0.15) is 114 Å². The van der Waals surface area contributed by atoms with Gasteiger partial charge in [-0.1, -0.05) is 11.8 Å². The molecule has 0 bridgehead atoms. The van der Waals surface area contributed by atoms with E-state index in [0.29, 0.717) is 6.92 Å². The van der Waals surface area contributed by atoms with E-state index in [-0.39, 0.29) is 0 Å². The third-order valence-electron chi connectivity index (χ3n) is 6.45. The van der Waals surface area contributed by atoms with E-state index in [1.807, 2.05) is 0 Å². The number of carbonyl (C=O) groups excluding carboxylic acids is 1. The summed E-state index contributed by atoms with van der Waals surface area (Å²) in [6, 6.07) is -1.87. The molecule has 50 heavy (non-hydrogen) atoms. The first-order valence-electron chi connectivity index (χ1n) is 11.6. The smallest absolute Gasteiger partial charge is 0.288 e. The standard InChI is InChI=1S/C22H10F26OS/c1-6-9(11(23,24)13(27,28)15(31,32)17(35,36)19(39,40)21(43,44)45)3-8(5-50-7(2)49)4-10(6)12(25,26)14(29,30)16(33,34)18(37,38)20(41,42)22(46,47)48/h3-4H,5H2,1-2H3. The monoisotopic (exact) mass is 816 g/mol. The van der Waals surface area contributed by atoms with Crippen LogP contribution in [0.4, 0.5) is 114 Å². The van der Waals surface area contributed by atoms with Crippen LogP contribution in [0.1, 0.15) is 29.2 Å². The maximum absolute atomic E-state index is 15.0. The van der Waals surface area contributed by atoms with Crippen molar-refractivity contribution in [1.82, 2.24) is 0 Å². The minimum atomic E-state index is -8.68. The second kappa shape index (κ2) is 12.2. The van der Waals surface area contributed by atoms with E-state index in [1.165, 1.54) is 0 Å². The van der Waals surface area contributed by atoms with E-state index in [0.717, 1.165) is 0 Å². The molecule has 0 unspecified atom stereocenters. The Morgan fingerprint density at radius 2 is 0.700 bits per heavy atom. The van der Waals surface area contributed by atoms with Crippen molar-refractivity contribution in [2.75, 3.05) is 0 Å². The summed E-state index contributed by atoms with van der Waals surface area (Å²) < 4.78 is 355. The summed E-state index contributed by atoms with van der Waals surface area (Å²) in [5, 5.41) is -1.32. The summed E-state index contributed by atoms with van der Waals surface area (Å²) in [6.45, 7) is -0.277. The van der Waals surface area contributed by atoms with Crippen LogP contribution in [0, 0.1) is 6.92 Å². The Bertz CT molecular complexity index is 1340. The summed E-state index contributed by atoms with van der Waals surface area (Å²) in [6.07, 6.45) is -15.9. The zero-order valence-corrected chi connectivity index (χ0v) is 23.8. The van der Waals surface area contributed by atoms with Crippen LogP contribution < -0.4 is 0 Å². The van der Waals surface area contributed by atoms with Gasteiger partial charge in [0, 0.05) is 23.8 Å². The van der Waals surface area contributed by atoms with Crippen LogP contribution in [0.5, 0.6) is 0 Å². The Kier molecular flexibility index (Phi) is 11.1. The molecular weight excluding hydrogens is 806 g/mol. The number of hydrogen-bond donors (Lipinski definition) is 0. The summed E-state index contributed by atoms with van der Waals surface area (Å²) in [5.74, 6) is -85.1. The Morgan fingerprint density at radius 3 is 0.920 bits per heavy atom. The average molecular weight is 816 g/mol. The number of carbonyl (C=O) groups is 1. The van der Waals surface area contributed by atoms with Crippen LogP contribution in [0.2, 0.25) is 0 Å². The van der Waals surface area contributed by atoms with Crippen LogP contribution in [0.15, 0.2) is 12.1 Å². The van der Waals surface area contributed by atoms with Gasteiger partial charge in [-0.25, -0.2) is 0 Å². The molecule has 1 nitrogen and oxygen atoms in total. The van der Waals surface area contributed by atoms with E-state index < -0.39 is 136 Å². The molecular formula is C22H10F26OS. The lowest BCUT2D eigenvalue weighted by atomic mass is 9.83. The quantitative estimate of drug-likeness (QED) is 0.196. The highest BCUT2D eigenvalue weighted by molar-refractivity contribution is 8.12. The molecule has 292 valence electrons. The van der Waals surface area contributed by atoms with Crippen molar-refractivity contribution >= 4 is 16.9 Å². The average Bonchev–Trinajstić information content (AvgIpc) is 2.89. The van der Waals surface area contributed by atoms with E-state index in [9.17, 15) is 119 Å². The molecule has 0 aliphatic heterocycles. The highest BCUT2D eigenvalue weighted by Crippen LogP contribution is 2.65. The number of thioether (sulfide) groups is 1. The highest BCUT2D eigenvalue weighted by Gasteiger charge is 2.92. The van der Waals surface area contributed by atoms with Crippen LogP contribution in [0.3, 0.4) is 0 Å². The van der Waals surface area contributed by atoms with Crippen LogP contribution in [-0.4, -0.2) is 64.8 Å². The molecule has 0 radical (unpaired) electrons. The molecule has 0 saturated carbocycles. The van der Waals surface area contributed by atoms with Crippen LogP contribution in [-0.2, 0) is 22.4 Å². The van der Waals surface area contributed by atoms with Gasteiger partial charge < -0.3 is 0 Å². The van der Waals surface area contributed by atoms with Gasteiger partial charge in [0.2, 0.25) is 0 Å². The molecule has 0 aromatic heterocycles. The van der Waals surface area contributed by atoms with E-state index in [1.54, 1.807) is 0 Å². The number of alkyl halides is 26. The minimum absolute atomic E-state index is 0.413. The molecule has 0 saturated heterocycles. The molecule has 0 aliphatic rings. The van der Waals surface area contributed by atoms with Crippen molar-refractivity contribution in [3.8, 4) is 0 Å². The van der Waals surface area contributed by atoms with Crippen molar-refractivity contribution in [2.45, 2.75) is 91.2 Å². The molecule has 1 aromatic rings. The van der Waals surface area contributed by atoms with Crippen LogP contribution >= 0.6 is 11.8 Å². The molecule has 0 heterocycles. The Balaban J connectivity index is 4.31. The first kappa shape index (κ1) is 45.4. The molecule has 28 heteroatoms. The van der Waals surface area contributed by atoms with Crippen molar-refractivity contribution in [3.05, 3.63) is 34.4 Å². The maximum atomic E-state index is 15.0. The fraction of sp³-hybridized carbons (Fsp3) is 0.682. The highest BCUT2D eigenvalue weighted by atomic mass is 32.2. The van der Waals surface area contributed by atoms with Gasteiger partial charge in [0.25, 0.3) is 0 Å². The fourth-order valence-electron chi connectivity index (χ4n) is 3.57. The summed E-state index contributed by atoms with van der Waals surface area (Å²) in [5.41, 5.74) is -12.1. The largest absolute Gasteiger partial charge is 0.460 e. The molecule has 0 spiro atoms. The molecule has 0 aliphatic carbocycles. The lowest BCUT2D eigenvalue weighted by Crippen LogP contribution is -2.69. The Morgan fingerprint density at radius 1 is 0.460 bits per heavy atom. The van der Waals surface area contributed by atoms with Crippen molar-refractivity contribution in [1.29, 1.82) is 0 Å². The predicted molar refractivity (Wildman–Crippen MR) is 113 cm³/mol. The van der Waals surface area contributed by atoms with Crippen molar-refractivity contribution in [3.63, 3.8) is 0 Å². The third kappa shape index (κ3) is 6.18. The van der Waals surface area contributed by atoms with Gasteiger partial charge in [-0.05, 0) is 30.2 Å². The SMILES string of the molecule is CC(=O)SCc1cc(C(F)(F)C(F)(F)C(F)(F)C(F)(F)C(F)(F)C(F)(F)F)c(C)c(C(F)(F)C(F)(F)C(F)(F)C(F)(F)C(F)(F)C(F)(F)F)c1. The lowest BCUT2D eigenvalue weighted by Gasteiger charge is -2.41. The van der Waals surface area contributed by atoms with Crippen molar-refractivity contribution < 1.29 is 119 Å². The lowest BCUT2D eigenvalue weighted by molar-refractivity contribution is -0.442. The first-order chi connectivity index (χ1) is 21.4. The zero-order valence-electron chi connectivity index (χ0n) is 23.0. The maximum Gasteiger partial charge on any atom is 0.460 e. The molecule has 0 atom stereocenters. The van der Waals surface area contributed by atoms with Gasteiger partial charge in [0.1, 0.15) is 0 Å². The normalized spacial score (nSPS) is 15.8. The van der Waals surface area contributed by atoms with Gasteiger partial charge in [-0.15, -0.1) is 0 Å². The summed E-state index contributed by atoms with van der Waals surface area (Å²) >= 11 is -0.413. The molecule has 1 aromatic carbocycles. The van der Waals surface area contributed by atoms with E-state index >= 15 is 0 Å². The number of benzene rings is 1. The number of halogens is 26. The Hall–Kier alpha value is -2.58. The molecule has 0 N–H and O–H groups in total. The topological polar surface area (TPSA) is 17.1 Å². The van der Waals surface area contributed by atoms with Gasteiger partial charge in [-0.3, -0.25) is 4.79 Å². The summed E-state index contributed by atoms with van der Waals surface area (Å²) in [7, 11) is 0. The van der Waals surface area contributed by atoms with Crippen molar-refractivity contribution in [2.24, 2.45) is 0 Å². The predicted octanol–water partition coefficient (Wildman–Crippen LogP) is 11.2. The second-order valence-electron chi connectivity index (χ2n) is 9.84. The minimum Gasteiger partial charge on any atom is -0.288 e. The van der Waals surface area contributed by atoms with Crippen LogP contribution in [0.25, 0.3) is 0 Å². The molecule has 1 rings (SSSR count). The van der Waals surface area contributed by atoms with Gasteiger partial charge >= 0.3 is 71.6 Å². The van der Waals surface area contributed by atoms with Gasteiger partial charge in [0.15, 0.2) is 5.12 Å². The second-order valence-corrected chi connectivity index (χ2v) is 11.0. The first-order valence-corrected chi connectivity index (χ1v) is 12.6. The zero-order chi connectivity index (χ0) is 40.7. The molecule has 0 amide bonds. The Labute approximate surface area is 262 Å². The third-order valence-corrected chi connectivity index (χ3v) is 7.34. The number of rotatable bonds is 12.